The maximum Gasteiger partial charge on any atom is 0.310 e. The van der Waals surface area contributed by atoms with Crippen molar-refractivity contribution in [2.45, 2.75) is 12.8 Å². The molecule has 0 aromatic carbocycles. The van der Waals surface area contributed by atoms with Crippen LogP contribution in [0.4, 0.5) is 0 Å². The van der Waals surface area contributed by atoms with E-state index in [-0.39, 0.29) is 17.8 Å². The summed E-state index contributed by atoms with van der Waals surface area (Å²) in [4.78, 5) is 26.7. The Morgan fingerprint density at radius 1 is 1.40 bits per heavy atom. The smallest absolute Gasteiger partial charge is 0.310 e. The van der Waals surface area contributed by atoms with Gasteiger partial charge in [0.2, 0.25) is 0 Å². The largest absolute Gasteiger partial charge is 0.469 e. The third-order valence-corrected chi connectivity index (χ3v) is 5.67. The van der Waals surface area contributed by atoms with Crippen LogP contribution < -0.4 is 0 Å². The fourth-order valence-corrected chi connectivity index (χ4v) is 4.62. The topological polar surface area (TPSA) is 46.6 Å². The Kier molecular flexibility index (Phi) is 3.76. The lowest BCUT2D eigenvalue weighted by atomic mass is 9.98. The number of hydrogen-bond donors (Lipinski definition) is 0. The normalized spacial score (nSPS) is 19.2. The summed E-state index contributed by atoms with van der Waals surface area (Å²) in [5.74, 6) is -0.361. The van der Waals surface area contributed by atoms with E-state index in [1.807, 2.05) is 17.5 Å². The summed E-state index contributed by atoms with van der Waals surface area (Å²) in [6, 6.07) is 3.99. The Labute approximate surface area is 125 Å². The number of likely N-dealkylation sites (tertiary alicyclic amines) is 1. The molecule has 0 spiro atoms. The maximum absolute atomic E-state index is 12.5. The van der Waals surface area contributed by atoms with Gasteiger partial charge in [-0.15, -0.1) is 22.7 Å². The van der Waals surface area contributed by atoms with Crippen molar-refractivity contribution in [3.8, 4) is 0 Å². The van der Waals surface area contributed by atoms with Crippen molar-refractivity contribution in [2.75, 3.05) is 20.2 Å². The molecular weight excluding hydrogens is 294 g/mol. The maximum atomic E-state index is 12.5. The fraction of sp³-hybridized carbons (Fsp3) is 0.429. The number of amides is 1. The highest BCUT2D eigenvalue weighted by Gasteiger charge is 2.30. The van der Waals surface area contributed by atoms with Crippen molar-refractivity contribution in [2.24, 2.45) is 5.92 Å². The van der Waals surface area contributed by atoms with Crippen molar-refractivity contribution in [3.63, 3.8) is 0 Å². The lowest BCUT2D eigenvalue weighted by molar-refractivity contribution is -0.146. The number of esters is 1. The first-order chi connectivity index (χ1) is 9.69. The highest BCUT2D eigenvalue weighted by Crippen LogP contribution is 2.31. The second-order valence-electron chi connectivity index (χ2n) is 4.87. The van der Waals surface area contributed by atoms with Gasteiger partial charge in [-0.3, -0.25) is 9.59 Å². The molecule has 0 radical (unpaired) electrons. The minimum atomic E-state index is -0.213. The van der Waals surface area contributed by atoms with Crippen LogP contribution in [0.1, 0.15) is 22.5 Å². The zero-order valence-corrected chi connectivity index (χ0v) is 12.8. The Balaban J connectivity index is 1.76. The fourth-order valence-electron chi connectivity index (χ4n) is 2.55. The van der Waals surface area contributed by atoms with Gasteiger partial charge in [0, 0.05) is 22.5 Å². The lowest BCUT2D eigenvalue weighted by Crippen LogP contribution is -2.42. The van der Waals surface area contributed by atoms with Gasteiger partial charge in [-0.2, -0.15) is 0 Å². The Hall–Kier alpha value is -1.40. The summed E-state index contributed by atoms with van der Waals surface area (Å²) in [6.07, 6.45) is 1.65. The Morgan fingerprint density at radius 2 is 2.25 bits per heavy atom. The standard InChI is InChI=1S/C14H15NO3S2/c1-18-14(17)9-3-2-5-15(8-9)13(16)12-7-11-10(20-12)4-6-19-11/h4,6-7,9H,2-3,5,8H2,1H3/t9-/m0/s1. The van der Waals surface area contributed by atoms with E-state index in [0.717, 1.165) is 33.7 Å². The first-order valence-electron chi connectivity index (χ1n) is 6.53. The minimum Gasteiger partial charge on any atom is -0.469 e. The number of carbonyl (C=O) groups excluding carboxylic acids is 2. The molecule has 0 saturated carbocycles. The van der Waals surface area contributed by atoms with E-state index in [1.165, 1.54) is 18.4 Å². The molecule has 0 unspecified atom stereocenters. The third kappa shape index (κ3) is 2.45. The van der Waals surface area contributed by atoms with Gasteiger partial charge >= 0.3 is 5.97 Å². The van der Waals surface area contributed by atoms with Gasteiger partial charge in [0.15, 0.2) is 0 Å². The molecular formula is C14H15NO3S2. The number of nitrogens with zero attached hydrogens (tertiary/aromatic N) is 1. The molecule has 3 heterocycles. The van der Waals surface area contributed by atoms with Crippen molar-refractivity contribution < 1.29 is 14.3 Å². The van der Waals surface area contributed by atoms with E-state index in [1.54, 1.807) is 16.2 Å². The van der Waals surface area contributed by atoms with Crippen LogP contribution in [0.2, 0.25) is 0 Å². The van der Waals surface area contributed by atoms with E-state index in [0.29, 0.717) is 6.54 Å². The van der Waals surface area contributed by atoms with Crippen LogP contribution in [0.5, 0.6) is 0 Å². The summed E-state index contributed by atoms with van der Waals surface area (Å²) < 4.78 is 7.09. The van der Waals surface area contributed by atoms with E-state index in [9.17, 15) is 9.59 Å². The average Bonchev–Trinajstić information content (AvgIpc) is 3.07. The van der Waals surface area contributed by atoms with Gasteiger partial charge < -0.3 is 9.64 Å². The van der Waals surface area contributed by atoms with Crippen molar-refractivity contribution in [1.82, 2.24) is 4.90 Å². The first-order valence-corrected chi connectivity index (χ1v) is 8.23. The van der Waals surface area contributed by atoms with Gasteiger partial charge in [-0.05, 0) is 30.4 Å². The quantitative estimate of drug-likeness (QED) is 0.801. The number of carbonyl (C=O) groups is 2. The first kappa shape index (κ1) is 13.6. The van der Waals surface area contributed by atoms with Crippen LogP contribution in [0.15, 0.2) is 17.5 Å². The van der Waals surface area contributed by atoms with Crippen LogP contribution in [0.3, 0.4) is 0 Å². The van der Waals surface area contributed by atoms with Gasteiger partial charge in [0.05, 0.1) is 17.9 Å². The highest BCUT2D eigenvalue weighted by molar-refractivity contribution is 7.27. The van der Waals surface area contributed by atoms with E-state index in [4.69, 9.17) is 4.74 Å². The van der Waals surface area contributed by atoms with Crippen molar-refractivity contribution in [3.05, 3.63) is 22.4 Å². The van der Waals surface area contributed by atoms with Gasteiger partial charge in [-0.1, -0.05) is 0 Å². The molecule has 1 aliphatic rings. The SMILES string of the molecule is COC(=O)[C@H]1CCCN(C(=O)c2cc3sccc3s2)C1. The zero-order valence-electron chi connectivity index (χ0n) is 11.1. The molecule has 1 aliphatic heterocycles. The number of fused-ring (bicyclic) bond motifs is 1. The van der Waals surface area contributed by atoms with E-state index < -0.39 is 0 Å². The van der Waals surface area contributed by atoms with E-state index in [2.05, 4.69) is 0 Å². The molecule has 1 atom stereocenters. The van der Waals surface area contributed by atoms with Crippen LogP contribution in [0.25, 0.3) is 9.40 Å². The molecule has 20 heavy (non-hydrogen) atoms. The number of hydrogen-bond acceptors (Lipinski definition) is 5. The van der Waals surface area contributed by atoms with Crippen molar-refractivity contribution in [1.29, 1.82) is 0 Å². The monoisotopic (exact) mass is 309 g/mol. The highest BCUT2D eigenvalue weighted by atomic mass is 32.1. The Bertz CT molecular complexity index is 617. The van der Waals surface area contributed by atoms with Crippen LogP contribution in [-0.4, -0.2) is 37.0 Å². The van der Waals surface area contributed by atoms with E-state index >= 15 is 0 Å². The summed E-state index contributed by atoms with van der Waals surface area (Å²) in [5.41, 5.74) is 0. The molecule has 1 amide bonds. The Morgan fingerprint density at radius 3 is 3.00 bits per heavy atom. The molecule has 1 saturated heterocycles. The molecule has 4 nitrogen and oxygen atoms in total. The molecule has 6 heteroatoms. The second kappa shape index (κ2) is 5.54. The molecule has 1 fully saturated rings. The van der Waals surface area contributed by atoms with Crippen LogP contribution in [0, 0.1) is 5.92 Å². The van der Waals surface area contributed by atoms with Gasteiger partial charge in [0.25, 0.3) is 5.91 Å². The van der Waals surface area contributed by atoms with Crippen molar-refractivity contribution >= 4 is 43.9 Å². The number of thiophene rings is 2. The third-order valence-electron chi connectivity index (χ3n) is 3.59. The molecule has 0 N–H and O–H groups in total. The average molecular weight is 309 g/mol. The summed E-state index contributed by atoms with van der Waals surface area (Å²) in [7, 11) is 1.40. The van der Waals surface area contributed by atoms with Crippen LogP contribution in [-0.2, 0) is 9.53 Å². The summed E-state index contributed by atoms with van der Waals surface area (Å²) >= 11 is 3.17. The lowest BCUT2D eigenvalue weighted by Gasteiger charge is -2.31. The number of piperidine rings is 1. The molecule has 0 aliphatic carbocycles. The van der Waals surface area contributed by atoms with Gasteiger partial charge in [0.1, 0.15) is 0 Å². The molecule has 3 rings (SSSR count). The van der Waals surface area contributed by atoms with Crippen LogP contribution >= 0.6 is 22.7 Å². The zero-order chi connectivity index (χ0) is 14.1. The van der Waals surface area contributed by atoms with Gasteiger partial charge in [-0.25, -0.2) is 0 Å². The molecule has 0 bridgehead atoms. The molecule has 2 aromatic rings. The number of rotatable bonds is 2. The minimum absolute atomic E-state index is 0.0343. The molecule has 106 valence electrons. The molecule has 2 aromatic heterocycles. The predicted octanol–water partition coefficient (Wildman–Crippen LogP) is 2.99. The number of ether oxygens (including phenoxy) is 1. The summed E-state index contributed by atoms with van der Waals surface area (Å²) in [5, 5.41) is 2.03. The summed E-state index contributed by atoms with van der Waals surface area (Å²) in [6.45, 7) is 1.19. The predicted molar refractivity (Wildman–Crippen MR) is 80.3 cm³/mol. The number of methoxy groups -OCH3 is 1. The second-order valence-corrected chi connectivity index (χ2v) is 6.90.